The Balaban J connectivity index is 1.76. The Hall–Kier alpha value is -0.0800. The zero-order valence-corrected chi connectivity index (χ0v) is 13.9. The van der Waals surface area contributed by atoms with Crippen molar-refractivity contribution in [2.75, 3.05) is 13.1 Å². The number of rotatable bonds is 3. The quantitative estimate of drug-likeness (QED) is 0.838. The Labute approximate surface area is 120 Å². The zero-order valence-electron chi connectivity index (χ0n) is 13.9. The van der Waals surface area contributed by atoms with Crippen LogP contribution in [0.1, 0.15) is 67.2 Å². The van der Waals surface area contributed by atoms with Crippen molar-refractivity contribution in [1.82, 2.24) is 10.2 Å². The van der Waals surface area contributed by atoms with Crippen LogP contribution in [0.5, 0.6) is 0 Å². The molecular weight excluding hydrogens is 232 g/mol. The number of likely N-dealkylation sites (tertiary alicyclic amines) is 1. The van der Waals surface area contributed by atoms with Gasteiger partial charge in [0.25, 0.3) is 0 Å². The Bertz CT molecular complexity index is 289. The Morgan fingerprint density at radius 1 is 1.11 bits per heavy atom. The topological polar surface area (TPSA) is 15.3 Å². The van der Waals surface area contributed by atoms with Crippen molar-refractivity contribution in [3.8, 4) is 0 Å². The molecule has 0 aromatic carbocycles. The normalized spacial score (nSPS) is 32.4. The van der Waals surface area contributed by atoms with E-state index in [0.717, 1.165) is 12.1 Å². The summed E-state index contributed by atoms with van der Waals surface area (Å²) < 4.78 is 0. The first-order chi connectivity index (χ1) is 8.71. The second-order valence-electron chi connectivity index (χ2n) is 8.49. The van der Waals surface area contributed by atoms with Gasteiger partial charge in [-0.05, 0) is 49.6 Å². The minimum atomic E-state index is 0.445. The van der Waals surface area contributed by atoms with Crippen LogP contribution in [0.2, 0.25) is 0 Å². The van der Waals surface area contributed by atoms with E-state index in [0.29, 0.717) is 16.9 Å². The molecule has 0 aromatic rings. The van der Waals surface area contributed by atoms with Crippen molar-refractivity contribution in [3.05, 3.63) is 0 Å². The van der Waals surface area contributed by atoms with Gasteiger partial charge in [0.1, 0.15) is 0 Å². The molecule has 1 heterocycles. The molecule has 112 valence electrons. The van der Waals surface area contributed by atoms with Crippen molar-refractivity contribution in [3.63, 3.8) is 0 Å². The molecule has 1 aliphatic carbocycles. The van der Waals surface area contributed by atoms with Gasteiger partial charge < -0.3 is 10.2 Å². The lowest BCUT2D eigenvalue weighted by atomic mass is 9.62. The predicted molar refractivity (Wildman–Crippen MR) is 83.5 cm³/mol. The van der Waals surface area contributed by atoms with Crippen LogP contribution in [0.4, 0.5) is 0 Å². The van der Waals surface area contributed by atoms with E-state index in [4.69, 9.17) is 0 Å². The molecule has 19 heavy (non-hydrogen) atoms. The van der Waals surface area contributed by atoms with E-state index in [-0.39, 0.29) is 0 Å². The highest BCUT2D eigenvalue weighted by Gasteiger charge is 2.43. The fourth-order valence-electron chi connectivity index (χ4n) is 3.63. The lowest BCUT2D eigenvalue weighted by molar-refractivity contribution is -0.0144. The maximum absolute atomic E-state index is 3.66. The molecule has 0 amide bonds. The summed E-state index contributed by atoms with van der Waals surface area (Å²) in [5.41, 5.74) is 0.975. The first-order valence-electron chi connectivity index (χ1n) is 8.21. The number of hydrogen-bond donors (Lipinski definition) is 1. The third-order valence-corrected chi connectivity index (χ3v) is 5.91. The van der Waals surface area contributed by atoms with Crippen LogP contribution in [0.15, 0.2) is 0 Å². The van der Waals surface area contributed by atoms with Gasteiger partial charge in [-0.25, -0.2) is 0 Å². The summed E-state index contributed by atoms with van der Waals surface area (Å²) >= 11 is 0. The van der Waals surface area contributed by atoms with Crippen LogP contribution in [-0.4, -0.2) is 36.1 Å². The Morgan fingerprint density at radius 2 is 1.63 bits per heavy atom. The standard InChI is InChI=1S/C17H34N2/c1-13(2)18-14-11-15(12-14)19-9-7-17(6,8-10-19)16(3,4)5/h13-15,18H,7-12H2,1-6H3. The number of nitrogens with one attached hydrogen (secondary N) is 1. The molecule has 0 aromatic heterocycles. The van der Waals surface area contributed by atoms with Gasteiger partial charge in [-0.15, -0.1) is 0 Å². The molecule has 2 aliphatic rings. The van der Waals surface area contributed by atoms with E-state index in [2.05, 4.69) is 51.8 Å². The van der Waals surface area contributed by atoms with Crippen LogP contribution in [0.3, 0.4) is 0 Å². The molecule has 1 saturated carbocycles. The highest BCUT2D eigenvalue weighted by molar-refractivity contribution is 4.97. The summed E-state index contributed by atoms with van der Waals surface area (Å²) in [6.45, 7) is 16.9. The molecule has 2 rings (SSSR count). The van der Waals surface area contributed by atoms with Crippen LogP contribution < -0.4 is 5.32 Å². The Kier molecular flexibility index (Phi) is 4.32. The average Bonchev–Trinajstić information content (AvgIpc) is 2.23. The van der Waals surface area contributed by atoms with Crippen LogP contribution in [-0.2, 0) is 0 Å². The molecule has 0 radical (unpaired) electrons. The van der Waals surface area contributed by atoms with Gasteiger partial charge in [-0.2, -0.15) is 0 Å². The fraction of sp³-hybridized carbons (Fsp3) is 1.00. The first-order valence-corrected chi connectivity index (χ1v) is 8.21. The van der Waals surface area contributed by atoms with Gasteiger partial charge in [-0.1, -0.05) is 41.5 Å². The summed E-state index contributed by atoms with van der Waals surface area (Å²) in [5.74, 6) is 0. The number of hydrogen-bond acceptors (Lipinski definition) is 2. The molecule has 1 saturated heterocycles. The molecule has 2 heteroatoms. The molecule has 0 atom stereocenters. The third-order valence-electron chi connectivity index (χ3n) is 5.91. The minimum Gasteiger partial charge on any atom is -0.312 e. The van der Waals surface area contributed by atoms with Gasteiger partial charge in [-0.3, -0.25) is 0 Å². The molecule has 1 N–H and O–H groups in total. The van der Waals surface area contributed by atoms with E-state index >= 15 is 0 Å². The fourth-order valence-corrected chi connectivity index (χ4v) is 3.63. The zero-order chi connectivity index (χ0) is 14.3. The van der Waals surface area contributed by atoms with Crippen LogP contribution in [0.25, 0.3) is 0 Å². The second-order valence-corrected chi connectivity index (χ2v) is 8.49. The monoisotopic (exact) mass is 266 g/mol. The summed E-state index contributed by atoms with van der Waals surface area (Å²) in [6.07, 6.45) is 5.47. The van der Waals surface area contributed by atoms with Crippen molar-refractivity contribution in [2.24, 2.45) is 10.8 Å². The molecular formula is C17H34N2. The van der Waals surface area contributed by atoms with Gasteiger partial charge in [0.15, 0.2) is 0 Å². The van der Waals surface area contributed by atoms with Crippen molar-refractivity contribution >= 4 is 0 Å². The van der Waals surface area contributed by atoms with Gasteiger partial charge in [0.05, 0.1) is 0 Å². The van der Waals surface area contributed by atoms with Gasteiger partial charge in [0, 0.05) is 18.1 Å². The van der Waals surface area contributed by atoms with Gasteiger partial charge in [0.2, 0.25) is 0 Å². The van der Waals surface area contributed by atoms with E-state index in [1.165, 1.54) is 38.8 Å². The lowest BCUT2D eigenvalue weighted by Gasteiger charge is -2.52. The highest BCUT2D eigenvalue weighted by atomic mass is 15.2. The molecule has 0 bridgehead atoms. The average molecular weight is 266 g/mol. The van der Waals surface area contributed by atoms with E-state index in [1.54, 1.807) is 0 Å². The Morgan fingerprint density at radius 3 is 2.05 bits per heavy atom. The van der Waals surface area contributed by atoms with E-state index < -0.39 is 0 Å². The number of nitrogens with zero attached hydrogens (tertiary/aromatic N) is 1. The summed E-state index contributed by atoms with van der Waals surface area (Å²) in [5, 5.41) is 3.66. The van der Waals surface area contributed by atoms with Crippen LogP contribution >= 0.6 is 0 Å². The molecule has 0 unspecified atom stereocenters. The van der Waals surface area contributed by atoms with Crippen molar-refractivity contribution in [2.45, 2.75) is 85.4 Å². The van der Waals surface area contributed by atoms with Crippen molar-refractivity contribution in [1.29, 1.82) is 0 Å². The van der Waals surface area contributed by atoms with Crippen molar-refractivity contribution < 1.29 is 0 Å². The SMILES string of the molecule is CC(C)NC1CC(N2CCC(C)(C(C)(C)C)CC2)C1. The van der Waals surface area contributed by atoms with E-state index in [1.807, 2.05) is 0 Å². The molecule has 2 fully saturated rings. The number of piperidine rings is 1. The maximum atomic E-state index is 3.66. The minimum absolute atomic E-state index is 0.445. The second kappa shape index (κ2) is 5.37. The molecule has 2 nitrogen and oxygen atoms in total. The maximum Gasteiger partial charge on any atom is 0.0125 e. The summed E-state index contributed by atoms with van der Waals surface area (Å²) in [6, 6.07) is 2.28. The van der Waals surface area contributed by atoms with Crippen LogP contribution in [0, 0.1) is 10.8 Å². The summed E-state index contributed by atoms with van der Waals surface area (Å²) in [7, 11) is 0. The lowest BCUT2D eigenvalue weighted by Crippen LogP contribution is -2.57. The smallest absolute Gasteiger partial charge is 0.0125 e. The first kappa shape index (κ1) is 15.3. The molecule has 0 spiro atoms. The highest BCUT2D eigenvalue weighted by Crippen LogP contribution is 2.47. The summed E-state index contributed by atoms with van der Waals surface area (Å²) in [4.78, 5) is 2.76. The molecule has 1 aliphatic heterocycles. The van der Waals surface area contributed by atoms with Gasteiger partial charge >= 0.3 is 0 Å². The predicted octanol–water partition coefficient (Wildman–Crippen LogP) is 3.66. The largest absolute Gasteiger partial charge is 0.312 e. The third kappa shape index (κ3) is 3.33. The van der Waals surface area contributed by atoms with E-state index in [9.17, 15) is 0 Å².